The lowest BCUT2D eigenvalue weighted by atomic mass is 9.92. The molecule has 1 saturated heterocycles. The van der Waals surface area contributed by atoms with E-state index in [1.807, 2.05) is 30.5 Å². The van der Waals surface area contributed by atoms with Gasteiger partial charge in [-0.15, -0.1) is 0 Å². The topological polar surface area (TPSA) is 49.4 Å². The first-order chi connectivity index (χ1) is 10.5. The summed E-state index contributed by atoms with van der Waals surface area (Å²) in [7, 11) is 0. The van der Waals surface area contributed by atoms with Crippen LogP contribution in [0.5, 0.6) is 0 Å². The summed E-state index contributed by atoms with van der Waals surface area (Å²) in [4.78, 5) is 26.3. The van der Waals surface area contributed by atoms with Gasteiger partial charge in [0, 0.05) is 36.2 Å². The second-order valence-electron chi connectivity index (χ2n) is 6.98. The van der Waals surface area contributed by atoms with Gasteiger partial charge < -0.3 is 10.2 Å². The monoisotopic (exact) mass is 326 g/mol. The third kappa shape index (κ3) is 4.64. The number of rotatable bonds is 4. The van der Waals surface area contributed by atoms with Crippen molar-refractivity contribution in [3.05, 3.63) is 0 Å². The molecule has 0 spiro atoms. The van der Waals surface area contributed by atoms with E-state index < -0.39 is 0 Å². The standard InChI is InChI=1S/C17H30N2O2S/c1-12(2)17(21)19-9-7-13(8-10-19)16(20)18-14-5-4-6-15(11-14)22-3/h12-15H,4-11H2,1-3H3,(H,18,20)/t14-,15+/m0/s1. The van der Waals surface area contributed by atoms with Gasteiger partial charge in [0.2, 0.25) is 11.8 Å². The van der Waals surface area contributed by atoms with Gasteiger partial charge in [-0.25, -0.2) is 0 Å². The van der Waals surface area contributed by atoms with Crippen molar-refractivity contribution < 1.29 is 9.59 Å². The summed E-state index contributed by atoms with van der Waals surface area (Å²) in [5.41, 5.74) is 0. The van der Waals surface area contributed by atoms with Crippen molar-refractivity contribution in [2.45, 2.75) is 63.7 Å². The van der Waals surface area contributed by atoms with Gasteiger partial charge in [0.15, 0.2) is 0 Å². The van der Waals surface area contributed by atoms with Crippen molar-refractivity contribution in [3.8, 4) is 0 Å². The SMILES string of the molecule is CS[C@@H]1CCC[C@H](NC(=O)C2CCN(C(=O)C(C)C)CC2)C1. The van der Waals surface area contributed by atoms with Crippen LogP contribution in [0.1, 0.15) is 52.4 Å². The maximum Gasteiger partial charge on any atom is 0.225 e. The first-order valence-electron chi connectivity index (χ1n) is 8.63. The van der Waals surface area contributed by atoms with Gasteiger partial charge >= 0.3 is 0 Å². The molecule has 22 heavy (non-hydrogen) atoms. The minimum atomic E-state index is 0.0519. The summed E-state index contributed by atoms with van der Waals surface area (Å²) in [5, 5.41) is 3.96. The average Bonchev–Trinajstić information content (AvgIpc) is 2.54. The molecule has 1 aliphatic carbocycles. The lowest BCUT2D eigenvalue weighted by Gasteiger charge is -2.34. The van der Waals surface area contributed by atoms with Gasteiger partial charge in [-0.1, -0.05) is 20.3 Å². The highest BCUT2D eigenvalue weighted by atomic mass is 32.2. The maximum absolute atomic E-state index is 12.5. The Hall–Kier alpha value is -0.710. The molecule has 1 aliphatic heterocycles. The molecule has 1 N–H and O–H groups in total. The van der Waals surface area contributed by atoms with Gasteiger partial charge in [-0.3, -0.25) is 9.59 Å². The Kier molecular flexibility index (Phi) is 6.60. The van der Waals surface area contributed by atoms with E-state index in [0.29, 0.717) is 11.3 Å². The van der Waals surface area contributed by atoms with Crippen LogP contribution in [0, 0.1) is 11.8 Å². The van der Waals surface area contributed by atoms with Crippen LogP contribution in [0.2, 0.25) is 0 Å². The maximum atomic E-state index is 12.5. The van der Waals surface area contributed by atoms with Crippen LogP contribution >= 0.6 is 11.8 Å². The zero-order valence-electron chi connectivity index (χ0n) is 14.1. The van der Waals surface area contributed by atoms with E-state index in [0.717, 1.165) is 38.8 Å². The van der Waals surface area contributed by atoms with Crippen LogP contribution < -0.4 is 5.32 Å². The number of hydrogen-bond donors (Lipinski definition) is 1. The van der Waals surface area contributed by atoms with Gasteiger partial charge in [-0.2, -0.15) is 11.8 Å². The number of thioether (sulfide) groups is 1. The second-order valence-corrected chi connectivity index (χ2v) is 8.12. The molecule has 2 aliphatic rings. The molecule has 2 fully saturated rings. The smallest absolute Gasteiger partial charge is 0.225 e. The zero-order chi connectivity index (χ0) is 16.1. The van der Waals surface area contributed by atoms with Gasteiger partial charge in [0.1, 0.15) is 0 Å². The highest BCUT2D eigenvalue weighted by Crippen LogP contribution is 2.27. The highest BCUT2D eigenvalue weighted by molar-refractivity contribution is 7.99. The Bertz CT molecular complexity index is 392. The first kappa shape index (κ1) is 17.6. The number of likely N-dealkylation sites (tertiary alicyclic amines) is 1. The fraction of sp³-hybridized carbons (Fsp3) is 0.882. The lowest BCUT2D eigenvalue weighted by Crippen LogP contribution is -2.47. The molecular weight excluding hydrogens is 296 g/mol. The van der Waals surface area contributed by atoms with Crippen molar-refractivity contribution in [2.75, 3.05) is 19.3 Å². The molecule has 0 aromatic rings. The summed E-state index contributed by atoms with van der Waals surface area (Å²) in [6, 6.07) is 0.356. The molecule has 4 nitrogen and oxygen atoms in total. The average molecular weight is 327 g/mol. The number of hydrogen-bond acceptors (Lipinski definition) is 3. The minimum absolute atomic E-state index is 0.0519. The summed E-state index contributed by atoms with van der Waals surface area (Å²) >= 11 is 1.92. The number of nitrogens with zero attached hydrogens (tertiary/aromatic N) is 1. The lowest BCUT2D eigenvalue weighted by molar-refractivity contribution is -0.138. The fourth-order valence-electron chi connectivity index (χ4n) is 3.54. The molecule has 0 aromatic carbocycles. The van der Waals surface area contributed by atoms with Gasteiger partial charge in [-0.05, 0) is 38.4 Å². The molecule has 1 saturated carbocycles. The number of piperidine rings is 1. The number of nitrogens with one attached hydrogen (secondary N) is 1. The normalized spacial score (nSPS) is 27.0. The molecule has 0 unspecified atom stereocenters. The van der Waals surface area contributed by atoms with Gasteiger partial charge in [0.05, 0.1) is 0 Å². The third-order valence-corrected chi connectivity index (χ3v) is 6.07. The molecule has 2 atom stereocenters. The Morgan fingerprint density at radius 2 is 1.82 bits per heavy atom. The summed E-state index contributed by atoms with van der Waals surface area (Å²) in [5.74, 6) is 0.569. The van der Waals surface area contributed by atoms with Crippen LogP contribution in [0.4, 0.5) is 0 Å². The first-order valence-corrected chi connectivity index (χ1v) is 9.92. The summed E-state index contributed by atoms with van der Waals surface area (Å²) in [6.07, 6.45) is 8.51. The van der Waals surface area contributed by atoms with Crippen molar-refractivity contribution in [1.29, 1.82) is 0 Å². The molecule has 5 heteroatoms. The van der Waals surface area contributed by atoms with Crippen LogP contribution in [-0.2, 0) is 9.59 Å². The molecule has 2 amide bonds. The zero-order valence-corrected chi connectivity index (χ0v) is 15.0. The Morgan fingerprint density at radius 1 is 1.14 bits per heavy atom. The largest absolute Gasteiger partial charge is 0.353 e. The van der Waals surface area contributed by atoms with E-state index in [4.69, 9.17) is 0 Å². The van der Waals surface area contributed by atoms with E-state index in [9.17, 15) is 9.59 Å². The van der Waals surface area contributed by atoms with E-state index in [1.165, 1.54) is 12.8 Å². The Labute approximate surface area is 138 Å². The van der Waals surface area contributed by atoms with Crippen molar-refractivity contribution in [1.82, 2.24) is 10.2 Å². The van der Waals surface area contributed by atoms with E-state index >= 15 is 0 Å². The van der Waals surface area contributed by atoms with Crippen molar-refractivity contribution in [3.63, 3.8) is 0 Å². The van der Waals surface area contributed by atoms with Crippen molar-refractivity contribution in [2.24, 2.45) is 11.8 Å². The predicted octanol–water partition coefficient (Wildman–Crippen LogP) is 2.67. The van der Waals surface area contributed by atoms with E-state index in [-0.39, 0.29) is 23.7 Å². The molecule has 1 heterocycles. The molecule has 0 aromatic heterocycles. The minimum Gasteiger partial charge on any atom is -0.353 e. The predicted molar refractivity (Wildman–Crippen MR) is 91.8 cm³/mol. The fourth-order valence-corrected chi connectivity index (χ4v) is 4.36. The third-order valence-electron chi connectivity index (χ3n) is 4.98. The summed E-state index contributed by atoms with van der Waals surface area (Å²) < 4.78 is 0. The molecule has 0 bridgehead atoms. The molecular formula is C17H30N2O2S. The van der Waals surface area contributed by atoms with Gasteiger partial charge in [0.25, 0.3) is 0 Å². The van der Waals surface area contributed by atoms with Crippen LogP contribution in [0.3, 0.4) is 0 Å². The van der Waals surface area contributed by atoms with E-state index in [2.05, 4.69) is 11.6 Å². The Balaban J connectivity index is 1.76. The van der Waals surface area contributed by atoms with E-state index in [1.54, 1.807) is 0 Å². The number of carbonyl (C=O) groups excluding carboxylic acids is 2. The number of amides is 2. The number of carbonyl (C=O) groups is 2. The van der Waals surface area contributed by atoms with Crippen LogP contribution in [-0.4, -0.2) is 47.4 Å². The molecule has 0 radical (unpaired) electrons. The van der Waals surface area contributed by atoms with Crippen LogP contribution in [0.25, 0.3) is 0 Å². The van der Waals surface area contributed by atoms with Crippen molar-refractivity contribution >= 4 is 23.6 Å². The highest BCUT2D eigenvalue weighted by Gasteiger charge is 2.30. The second kappa shape index (κ2) is 8.23. The van der Waals surface area contributed by atoms with Crippen LogP contribution in [0.15, 0.2) is 0 Å². The summed E-state index contributed by atoms with van der Waals surface area (Å²) in [6.45, 7) is 5.33. The Morgan fingerprint density at radius 3 is 2.41 bits per heavy atom. The molecule has 2 rings (SSSR count). The quantitative estimate of drug-likeness (QED) is 0.864. The molecule has 126 valence electrons.